The molecule has 0 spiro atoms. The number of benzene rings is 2. The summed E-state index contributed by atoms with van der Waals surface area (Å²) in [5.74, 6) is -1.64. The Hall–Kier alpha value is -3.42. The normalized spacial score (nSPS) is 10.5. The summed E-state index contributed by atoms with van der Waals surface area (Å²) in [6, 6.07) is 9.81. The second kappa shape index (κ2) is 7.86. The van der Waals surface area contributed by atoms with Crippen LogP contribution in [0.25, 0.3) is 11.3 Å². The number of hydrogen-bond acceptors (Lipinski definition) is 6. The molecule has 1 aromatic heterocycles. The van der Waals surface area contributed by atoms with Crippen molar-refractivity contribution in [2.75, 3.05) is 14.2 Å². The van der Waals surface area contributed by atoms with Crippen molar-refractivity contribution >= 4 is 5.97 Å². The monoisotopic (exact) mass is 375 g/mol. The van der Waals surface area contributed by atoms with Crippen LogP contribution in [0.4, 0.5) is 8.78 Å². The molecule has 3 aromatic rings. The summed E-state index contributed by atoms with van der Waals surface area (Å²) in [6.45, 7) is -0.302. The fraction of sp³-hybridized carbons (Fsp3) is 0.158. The average Bonchev–Trinajstić information content (AvgIpc) is 3.14. The van der Waals surface area contributed by atoms with Crippen molar-refractivity contribution in [3.8, 4) is 22.8 Å². The van der Waals surface area contributed by atoms with Crippen LogP contribution in [0.1, 0.15) is 16.1 Å². The molecule has 0 unspecified atom stereocenters. The molecule has 3 rings (SSSR count). The van der Waals surface area contributed by atoms with Crippen molar-refractivity contribution in [1.29, 1.82) is 0 Å². The Morgan fingerprint density at radius 1 is 1.04 bits per heavy atom. The molecule has 1 heterocycles. The first-order chi connectivity index (χ1) is 13.0. The van der Waals surface area contributed by atoms with Crippen molar-refractivity contribution in [2.24, 2.45) is 0 Å². The number of halogens is 2. The van der Waals surface area contributed by atoms with Gasteiger partial charge in [-0.25, -0.2) is 13.6 Å². The van der Waals surface area contributed by atoms with Crippen LogP contribution < -0.4 is 9.47 Å². The van der Waals surface area contributed by atoms with E-state index in [4.69, 9.17) is 18.7 Å². The van der Waals surface area contributed by atoms with Gasteiger partial charge in [-0.2, -0.15) is 0 Å². The van der Waals surface area contributed by atoms with Crippen LogP contribution in [0.2, 0.25) is 0 Å². The van der Waals surface area contributed by atoms with Gasteiger partial charge in [-0.15, -0.1) is 0 Å². The maximum Gasteiger partial charge on any atom is 0.344 e. The summed E-state index contributed by atoms with van der Waals surface area (Å²) in [4.78, 5) is 11.9. The molecule has 0 aliphatic rings. The van der Waals surface area contributed by atoms with Crippen molar-refractivity contribution in [2.45, 2.75) is 6.61 Å². The second-order valence-corrected chi connectivity index (χ2v) is 5.43. The van der Waals surface area contributed by atoms with Gasteiger partial charge in [0, 0.05) is 11.6 Å². The van der Waals surface area contributed by atoms with E-state index in [-0.39, 0.29) is 12.3 Å². The van der Waals surface area contributed by atoms with Gasteiger partial charge in [0.15, 0.2) is 17.3 Å². The first-order valence-corrected chi connectivity index (χ1v) is 7.82. The lowest BCUT2D eigenvalue weighted by Gasteiger charge is -2.07. The number of nitrogens with zero attached hydrogens (tertiary/aromatic N) is 1. The van der Waals surface area contributed by atoms with E-state index >= 15 is 0 Å². The third kappa shape index (κ3) is 3.89. The Morgan fingerprint density at radius 3 is 2.41 bits per heavy atom. The van der Waals surface area contributed by atoms with E-state index in [1.807, 2.05) is 0 Å². The second-order valence-electron chi connectivity index (χ2n) is 5.43. The number of rotatable bonds is 6. The van der Waals surface area contributed by atoms with Gasteiger partial charge in [0.25, 0.3) is 0 Å². The van der Waals surface area contributed by atoms with Crippen LogP contribution in [0.3, 0.4) is 0 Å². The van der Waals surface area contributed by atoms with E-state index < -0.39 is 23.2 Å². The molecule has 0 saturated heterocycles. The van der Waals surface area contributed by atoms with Crippen molar-refractivity contribution in [3.05, 3.63) is 65.4 Å². The molecule has 140 valence electrons. The quantitative estimate of drug-likeness (QED) is 0.607. The van der Waals surface area contributed by atoms with E-state index in [2.05, 4.69) is 5.16 Å². The number of carbonyl (C=O) groups is 1. The highest BCUT2D eigenvalue weighted by Crippen LogP contribution is 2.32. The zero-order valence-corrected chi connectivity index (χ0v) is 14.5. The predicted octanol–water partition coefficient (Wildman–Crippen LogP) is 3.99. The molecule has 8 heteroatoms. The Kier molecular flexibility index (Phi) is 5.35. The smallest absolute Gasteiger partial charge is 0.344 e. The summed E-state index contributed by atoms with van der Waals surface area (Å²) in [7, 11) is 3.03. The van der Waals surface area contributed by atoms with Gasteiger partial charge in [0.2, 0.25) is 0 Å². The van der Waals surface area contributed by atoms with Crippen LogP contribution in [0, 0.1) is 11.6 Å². The number of aromatic nitrogens is 1. The standard InChI is InChI=1S/C19H15F2NO5/c1-24-15-7-6-11(8-17(15)25-2)16-9-12(22-27-16)10-26-19(23)18-13(20)4-3-5-14(18)21/h3-9H,10H2,1-2H3. The Balaban J connectivity index is 1.72. The fourth-order valence-electron chi connectivity index (χ4n) is 2.41. The highest BCUT2D eigenvalue weighted by Gasteiger charge is 2.19. The van der Waals surface area contributed by atoms with E-state index in [9.17, 15) is 13.6 Å². The number of hydrogen-bond donors (Lipinski definition) is 0. The van der Waals surface area contributed by atoms with E-state index in [1.165, 1.54) is 14.2 Å². The largest absolute Gasteiger partial charge is 0.493 e. The zero-order chi connectivity index (χ0) is 19.4. The van der Waals surface area contributed by atoms with Gasteiger partial charge in [-0.3, -0.25) is 0 Å². The van der Waals surface area contributed by atoms with E-state index in [1.54, 1.807) is 24.3 Å². The Bertz CT molecular complexity index is 950. The third-order valence-corrected chi connectivity index (χ3v) is 3.75. The molecule has 0 aliphatic carbocycles. The van der Waals surface area contributed by atoms with Gasteiger partial charge < -0.3 is 18.7 Å². The highest BCUT2D eigenvalue weighted by atomic mass is 19.1. The van der Waals surface area contributed by atoms with Gasteiger partial charge in [-0.05, 0) is 30.3 Å². The minimum absolute atomic E-state index is 0.282. The van der Waals surface area contributed by atoms with Gasteiger partial charge in [0.05, 0.1) is 14.2 Å². The molecule has 2 aromatic carbocycles. The first kappa shape index (κ1) is 18.4. The fourth-order valence-corrected chi connectivity index (χ4v) is 2.41. The van der Waals surface area contributed by atoms with Crippen molar-refractivity contribution in [1.82, 2.24) is 5.16 Å². The maximum atomic E-state index is 13.6. The average molecular weight is 375 g/mol. The molecule has 0 N–H and O–H groups in total. The lowest BCUT2D eigenvalue weighted by Crippen LogP contribution is -2.10. The maximum absolute atomic E-state index is 13.6. The van der Waals surface area contributed by atoms with Crippen LogP contribution in [-0.4, -0.2) is 25.3 Å². The van der Waals surface area contributed by atoms with Gasteiger partial charge in [0.1, 0.15) is 29.5 Å². The Morgan fingerprint density at radius 2 is 1.74 bits per heavy atom. The first-order valence-electron chi connectivity index (χ1n) is 7.82. The summed E-state index contributed by atoms with van der Waals surface area (Å²) < 4.78 is 47.7. The highest BCUT2D eigenvalue weighted by molar-refractivity contribution is 5.90. The molecule has 0 radical (unpaired) electrons. The van der Waals surface area contributed by atoms with Crippen molar-refractivity contribution in [3.63, 3.8) is 0 Å². The number of ether oxygens (including phenoxy) is 3. The van der Waals surface area contributed by atoms with Crippen LogP contribution in [0.5, 0.6) is 11.5 Å². The third-order valence-electron chi connectivity index (χ3n) is 3.75. The minimum Gasteiger partial charge on any atom is -0.493 e. The number of methoxy groups -OCH3 is 2. The number of carbonyl (C=O) groups excluding carboxylic acids is 1. The summed E-state index contributed by atoms with van der Waals surface area (Å²) >= 11 is 0. The summed E-state index contributed by atoms with van der Waals surface area (Å²) in [5.41, 5.74) is 0.198. The predicted molar refractivity (Wildman–Crippen MR) is 90.5 cm³/mol. The molecule has 27 heavy (non-hydrogen) atoms. The van der Waals surface area contributed by atoms with E-state index in [0.717, 1.165) is 18.2 Å². The molecular weight excluding hydrogens is 360 g/mol. The van der Waals surface area contributed by atoms with Crippen molar-refractivity contribution < 1.29 is 32.3 Å². The number of esters is 1. The lowest BCUT2D eigenvalue weighted by atomic mass is 10.1. The SMILES string of the molecule is COc1ccc(-c2cc(COC(=O)c3c(F)cccc3F)no2)cc1OC. The zero-order valence-electron chi connectivity index (χ0n) is 14.5. The van der Waals surface area contributed by atoms with Crippen LogP contribution in [-0.2, 0) is 11.3 Å². The molecule has 0 fully saturated rings. The molecule has 6 nitrogen and oxygen atoms in total. The van der Waals surface area contributed by atoms with Crippen LogP contribution >= 0.6 is 0 Å². The van der Waals surface area contributed by atoms with Crippen LogP contribution in [0.15, 0.2) is 47.0 Å². The lowest BCUT2D eigenvalue weighted by molar-refractivity contribution is 0.0453. The molecule has 0 bridgehead atoms. The molecule has 0 saturated carbocycles. The van der Waals surface area contributed by atoms with Gasteiger partial charge in [-0.1, -0.05) is 11.2 Å². The molecule has 0 aliphatic heterocycles. The van der Waals surface area contributed by atoms with Gasteiger partial charge >= 0.3 is 5.97 Å². The molecule has 0 amide bonds. The molecular formula is C19H15F2NO5. The molecule has 0 atom stereocenters. The van der Waals surface area contributed by atoms with E-state index in [0.29, 0.717) is 22.8 Å². The minimum atomic E-state index is -1.12. The summed E-state index contributed by atoms with van der Waals surface area (Å²) in [6.07, 6.45) is 0. The summed E-state index contributed by atoms with van der Waals surface area (Å²) in [5, 5.41) is 3.79. The Labute approximate surface area is 153 Å². The topological polar surface area (TPSA) is 70.8 Å².